The third-order valence-corrected chi connectivity index (χ3v) is 12.7. The minimum absolute atomic E-state index is 0.0120. The van der Waals surface area contributed by atoms with Gasteiger partial charge in [0.2, 0.25) is 17.7 Å². The highest BCUT2D eigenvalue weighted by atomic mass is 32.1. The molecule has 0 aliphatic carbocycles. The quantitative estimate of drug-likeness (QED) is 0.0662. The summed E-state index contributed by atoms with van der Waals surface area (Å²) in [7, 11) is 0. The SMILES string of the molecule is Cc1ncsc1-c1ccc(CNC(=O)[C@@H]2C[C@@H](O)CN2C(=O)C(NC(=O)COCCOCC#CCOc2ccc(N3C(=S)N(c4ccc(C#N)c(C(F)(F)F)c4)C(=O)C3(C)C)cc2)C(C)(C)C)cc1. The van der Waals surface area contributed by atoms with Gasteiger partial charge in [0.25, 0.3) is 5.91 Å². The Labute approximate surface area is 407 Å². The fourth-order valence-electron chi connectivity index (χ4n) is 7.76. The van der Waals surface area contributed by atoms with Gasteiger partial charge in [-0.15, -0.1) is 11.3 Å². The number of thiocarbonyl (C=S) groups is 1. The maximum absolute atomic E-state index is 13.9. The van der Waals surface area contributed by atoms with Crippen LogP contribution in [0.3, 0.4) is 0 Å². The molecule has 0 bridgehead atoms. The summed E-state index contributed by atoms with van der Waals surface area (Å²) < 4.78 is 57.8. The van der Waals surface area contributed by atoms with Crippen molar-refractivity contribution in [2.75, 3.05) is 49.4 Å². The van der Waals surface area contributed by atoms with Crippen LogP contribution in [0.4, 0.5) is 24.5 Å². The van der Waals surface area contributed by atoms with E-state index in [2.05, 4.69) is 27.5 Å². The fourth-order valence-corrected chi connectivity index (χ4v) is 9.09. The molecule has 1 unspecified atom stereocenters. The Morgan fingerprint density at radius 2 is 1.67 bits per heavy atom. The number of aromatic nitrogens is 1. The Kier molecular flexibility index (Phi) is 16.5. The monoisotopic (exact) mass is 987 g/mol. The van der Waals surface area contributed by atoms with Gasteiger partial charge in [-0.25, -0.2) is 4.98 Å². The number of alkyl halides is 3. The molecule has 6 rings (SSSR count). The standard InChI is InChI=1S/C49H52F3N7O8S2/c1-30-41(69-29-55-30)32-11-9-31(10-12-32)26-54-43(62)39-24-36(60)27-57(39)44(63)42(47(2,3)4)56-40(61)28-66-22-21-65-19-7-8-20-67-37-17-15-34(16-18-37)59-46(68)58(45(64)48(59,5)6)35-14-13-33(25-53)38(23-35)49(50,51)52/h9-18,23,29,36,39,42,60H,19-22,24,26-28H2,1-6H3,(H,54,62)(H,56,61)/t36-,39+,42?/m1/s1. The fraction of sp³-hybridized carbons (Fsp3) is 0.408. The van der Waals surface area contributed by atoms with Crippen molar-refractivity contribution in [2.45, 2.75) is 84.4 Å². The third kappa shape index (κ3) is 12.4. The summed E-state index contributed by atoms with van der Waals surface area (Å²) in [6, 6.07) is 17.0. The van der Waals surface area contributed by atoms with E-state index in [1.165, 1.54) is 21.9 Å². The van der Waals surface area contributed by atoms with Crippen LogP contribution in [0.25, 0.3) is 10.4 Å². The van der Waals surface area contributed by atoms with E-state index < -0.39 is 70.1 Å². The van der Waals surface area contributed by atoms with Gasteiger partial charge >= 0.3 is 6.18 Å². The highest BCUT2D eigenvalue weighted by Crippen LogP contribution is 2.40. The van der Waals surface area contributed by atoms with Crippen LogP contribution in [0.15, 0.2) is 72.2 Å². The van der Waals surface area contributed by atoms with Crippen LogP contribution < -0.4 is 25.2 Å². The van der Waals surface area contributed by atoms with E-state index >= 15 is 0 Å². The van der Waals surface area contributed by atoms with Crippen LogP contribution in [0.1, 0.15) is 63.4 Å². The molecule has 2 fully saturated rings. The summed E-state index contributed by atoms with van der Waals surface area (Å²) >= 11 is 7.15. The van der Waals surface area contributed by atoms with Gasteiger partial charge in [-0.2, -0.15) is 18.4 Å². The summed E-state index contributed by atoms with van der Waals surface area (Å²) in [5, 5.41) is 25.3. The Balaban J connectivity index is 0.907. The largest absolute Gasteiger partial charge is 0.481 e. The predicted octanol–water partition coefficient (Wildman–Crippen LogP) is 6.15. The van der Waals surface area contributed by atoms with Crippen molar-refractivity contribution in [3.05, 3.63) is 94.6 Å². The van der Waals surface area contributed by atoms with Gasteiger partial charge < -0.3 is 39.8 Å². The van der Waals surface area contributed by atoms with Gasteiger partial charge in [0, 0.05) is 25.2 Å². The first kappa shape index (κ1) is 52.0. The number of hydrogen-bond donors (Lipinski definition) is 3. The van der Waals surface area contributed by atoms with Gasteiger partial charge in [0.05, 0.1) is 58.3 Å². The molecule has 0 spiro atoms. The lowest BCUT2D eigenvalue weighted by Gasteiger charge is -2.35. The number of nitrogens with one attached hydrogen (secondary N) is 2. The number of carbonyl (C=O) groups excluding carboxylic acids is 4. The number of nitriles is 1. The normalized spacial score (nSPS) is 17.3. The first-order valence-electron chi connectivity index (χ1n) is 21.8. The zero-order valence-corrected chi connectivity index (χ0v) is 40.4. The number of amides is 4. The molecule has 2 saturated heterocycles. The summed E-state index contributed by atoms with van der Waals surface area (Å²) in [4.78, 5) is 63.1. The minimum atomic E-state index is -4.82. The van der Waals surface area contributed by atoms with Crippen LogP contribution in [-0.4, -0.2) is 107 Å². The Hall–Kier alpha value is -6.42. The Bertz CT molecular complexity index is 2650. The first-order chi connectivity index (χ1) is 32.6. The molecule has 2 aliphatic heterocycles. The van der Waals surface area contributed by atoms with E-state index in [0.29, 0.717) is 11.4 Å². The molecular formula is C49H52F3N7O8S2. The van der Waals surface area contributed by atoms with Gasteiger partial charge in [0.1, 0.15) is 43.2 Å². The molecule has 3 atom stereocenters. The molecule has 69 heavy (non-hydrogen) atoms. The molecule has 3 N–H and O–H groups in total. The molecule has 15 nitrogen and oxygen atoms in total. The number of halogens is 3. The van der Waals surface area contributed by atoms with Crippen molar-refractivity contribution in [1.82, 2.24) is 20.5 Å². The molecule has 3 aromatic carbocycles. The summed E-state index contributed by atoms with van der Waals surface area (Å²) in [5.74, 6) is 4.11. The molecule has 2 aliphatic rings. The van der Waals surface area contributed by atoms with Gasteiger partial charge in [-0.1, -0.05) is 56.9 Å². The van der Waals surface area contributed by atoms with Crippen molar-refractivity contribution < 1.29 is 51.7 Å². The summed E-state index contributed by atoms with van der Waals surface area (Å²) in [5.41, 5.74) is 1.28. The molecule has 3 heterocycles. The second-order valence-corrected chi connectivity index (χ2v) is 19.1. The van der Waals surface area contributed by atoms with E-state index in [1.807, 2.05) is 31.2 Å². The van der Waals surface area contributed by atoms with Crippen molar-refractivity contribution in [2.24, 2.45) is 5.41 Å². The number of nitrogens with zero attached hydrogens (tertiary/aromatic N) is 5. The number of benzene rings is 3. The second kappa shape index (κ2) is 21.9. The lowest BCUT2D eigenvalue weighted by molar-refractivity contribution is -0.144. The number of rotatable bonds is 16. The molecule has 4 amide bonds. The van der Waals surface area contributed by atoms with Crippen LogP contribution in [0.2, 0.25) is 0 Å². The number of aryl methyl sites for hydroxylation is 1. The number of thiazole rings is 1. The van der Waals surface area contributed by atoms with Gasteiger partial charge in [-0.3, -0.25) is 24.1 Å². The van der Waals surface area contributed by atoms with Crippen LogP contribution >= 0.6 is 23.6 Å². The number of β-amino-alcohol motifs (C(OH)–C–C–N with tert-alkyl or cyclic N) is 1. The second-order valence-electron chi connectivity index (χ2n) is 17.8. The van der Waals surface area contributed by atoms with Crippen molar-refractivity contribution in [3.8, 4) is 34.1 Å². The highest BCUT2D eigenvalue weighted by Gasteiger charge is 2.51. The van der Waals surface area contributed by atoms with Crippen LogP contribution in [-0.2, 0) is 41.4 Å². The van der Waals surface area contributed by atoms with Crippen LogP contribution in [0.5, 0.6) is 5.75 Å². The number of carbonyl (C=O) groups is 4. The van der Waals surface area contributed by atoms with E-state index in [-0.39, 0.29) is 63.3 Å². The molecule has 20 heteroatoms. The summed E-state index contributed by atoms with van der Waals surface area (Å²) in [6.45, 7) is 10.6. The number of ether oxygens (including phenoxy) is 3. The van der Waals surface area contributed by atoms with E-state index in [1.54, 1.807) is 75.7 Å². The Morgan fingerprint density at radius 1 is 1.00 bits per heavy atom. The zero-order valence-electron chi connectivity index (χ0n) is 38.8. The van der Waals surface area contributed by atoms with E-state index in [9.17, 15) is 42.7 Å². The number of aliphatic hydroxyl groups is 1. The molecular weight excluding hydrogens is 936 g/mol. The smallest absolute Gasteiger partial charge is 0.417 e. The first-order valence-corrected chi connectivity index (χ1v) is 23.1. The number of aliphatic hydroxyl groups excluding tert-OH is 1. The van der Waals surface area contributed by atoms with Gasteiger partial charge in [-0.05, 0) is 92.0 Å². The minimum Gasteiger partial charge on any atom is -0.481 e. The topological polar surface area (TPSA) is 187 Å². The molecule has 0 saturated carbocycles. The Morgan fingerprint density at radius 3 is 2.30 bits per heavy atom. The van der Waals surface area contributed by atoms with E-state index in [4.69, 9.17) is 26.4 Å². The molecule has 1 aromatic heterocycles. The molecule has 4 aromatic rings. The summed E-state index contributed by atoms with van der Waals surface area (Å²) in [6.07, 6.45) is -5.66. The van der Waals surface area contributed by atoms with Crippen molar-refractivity contribution in [3.63, 3.8) is 0 Å². The number of anilines is 2. The zero-order chi connectivity index (χ0) is 50.3. The molecule has 0 radical (unpaired) electrons. The average molecular weight is 988 g/mol. The highest BCUT2D eigenvalue weighted by molar-refractivity contribution is 7.81. The van der Waals surface area contributed by atoms with E-state index in [0.717, 1.165) is 38.7 Å². The van der Waals surface area contributed by atoms with Crippen LogP contribution in [0, 0.1) is 35.5 Å². The lowest BCUT2D eigenvalue weighted by atomic mass is 9.85. The van der Waals surface area contributed by atoms with Crippen molar-refractivity contribution in [1.29, 1.82) is 5.26 Å². The average Bonchev–Trinajstić information content (AvgIpc) is 3.97. The number of hydrogen-bond acceptors (Lipinski definition) is 12. The number of likely N-dealkylation sites (tertiary alicyclic amines) is 1. The third-order valence-electron chi connectivity index (χ3n) is 11.4. The lowest BCUT2D eigenvalue weighted by Crippen LogP contribution is -2.58. The maximum atomic E-state index is 13.9. The predicted molar refractivity (Wildman–Crippen MR) is 256 cm³/mol. The maximum Gasteiger partial charge on any atom is 0.417 e. The van der Waals surface area contributed by atoms with Crippen molar-refractivity contribution >= 4 is 63.7 Å². The van der Waals surface area contributed by atoms with Gasteiger partial charge in [0.15, 0.2) is 5.11 Å². The molecule has 364 valence electrons.